The maximum atomic E-state index is 13.0. The molecular formula is C27H23N3O. The number of aryl methyl sites for hydroxylation is 2. The minimum Gasteiger partial charge on any atom is -0.353 e. The second kappa shape index (κ2) is 8.44. The van der Waals surface area contributed by atoms with Crippen LogP contribution < -0.4 is 5.32 Å². The summed E-state index contributed by atoms with van der Waals surface area (Å²) in [7, 11) is 0. The number of benzene rings is 3. The van der Waals surface area contributed by atoms with Gasteiger partial charge in [0.1, 0.15) is 5.69 Å². The highest BCUT2D eigenvalue weighted by Crippen LogP contribution is 2.28. The lowest BCUT2D eigenvalue weighted by atomic mass is 10.1. The zero-order valence-corrected chi connectivity index (χ0v) is 17.1. The van der Waals surface area contributed by atoms with E-state index in [-0.39, 0.29) is 5.91 Å². The van der Waals surface area contributed by atoms with Crippen LogP contribution in [0.15, 0.2) is 91.0 Å². The van der Waals surface area contributed by atoms with E-state index in [0.29, 0.717) is 12.2 Å². The molecule has 0 aliphatic carbocycles. The molecule has 0 unspecified atom stereocenters. The van der Waals surface area contributed by atoms with Gasteiger partial charge >= 0.3 is 0 Å². The number of H-pyrrole nitrogens is 1. The average molecular weight is 406 g/mol. The minimum absolute atomic E-state index is 0.156. The van der Waals surface area contributed by atoms with Gasteiger partial charge in [-0.2, -0.15) is 0 Å². The number of aromatic amines is 1. The fraction of sp³-hybridized carbons (Fsp3) is 0.111. The van der Waals surface area contributed by atoms with Gasteiger partial charge < -0.3 is 10.3 Å². The molecule has 2 N–H and O–H groups in total. The molecule has 2 aromatic heterocycles. The molecular weight excluding hydrogens is 382 g/mol. The summed E-state index contributed by atoms with van der Waals surface area (Å²) < 4.78 is 0. The lowest BCUT2D eigenvalue weighted by Gasteiger charge is -2.09. The fourth-order valence-electron chi connectivity index (χ4n) is 3.98. The van der Waals surface area contributed by atoms with Gasteiger partial charge in [-0.1, -0.05) is 78.9 Å². The Morgan fingerprint density at radius 3 is 2.23 bits per heavy atom. The molecule has 0 atom stereocenters. The third kappa shape index (κ3) is 4.05. The van der Waals surface area contributed by atoms with Crippen molar-refractivity contribution in [3.8, 4) is 0 Å². The highest BCUT2D eigenvalue weighted by Gasteiger charge is 2.16. The van der Waals surface area contributed by atoms with Crippen LogP contribution in [0.4, 0.5) is 0 Å². The molecule has 0 aliphatic heterocycles. The molecule has 0 saturated heterocycles. The monoisotopic (exact) mass is 405 g/mol. The van der Waals surface area contributed by atoms with Crippen LogP contribution in [-0.2, 0) is 19.4 Å². The van der Waals surface area contributed by atoms with Gasteiger partial charge in [0.15, 0.2) is 0 Å². The molecule has 4 heteroatoms. The van der Waals surface area contributed by atoms with Crippen LogP contribution in [0.3, 0.4) is 0 Å². The number of nitrogens with zero attached hydrogens (tertiary/aromatic N) is 1. The van der Waals surface area contributed by atoms with Crippen LogP contribution in [-0.4, -0.2) is 15.9 Å². The standard InChI is InChI=1S/C27H23N3O/c31-27(28-18-20-11-5-2-6-12-20)25-17-22-21-13-7-8-14-23(21)30-26(22)24(29-25)16-15-19-9-3-1-4-10-19/h1-14,17,30H,15-16,18H2,(H,28,31). The van der Waals surface area contributed by atoms with Crippen molar-refractivity contribution < 1.29 is 4.79 Å². The third-order valence-corrected chi connectivity index (χ3v) is 5.59. The van der Waals surface area contributed by atoms with Crippen LogP contribution in [0.25, 0.3) is 21.8 Å². The third-order valence-electron chi connectivity index (χ3n) is 5.59. The van der Waals surface area contributed by atoms with Crippen LogP contribution in [0.2, 0.25) is 0 Å². The number of para-hydroxylation sites is 1. The summed E-state index contributed by atoms with van der Waals surface area (Å²) in [6, 6.07) is 30.4. The summed E-state index contributed by atoms with van der Waals surface area (Å²) >= 11 is 0. The molecule has 2 heterocycles. The Labute approximate surface area is 181 Å². The number of hydrogen-bond acceptors (Lipinski definition) is 2. The Kier molecular flexibility index (Phi) is 5.19. The van der Waals surface area contributed by atoms with E-state index in [2.05, 4.69) is 46.7 Å². The van der Waals surface area contributed by atoms with E-state index < -0.39 is 0 Å². The van der Waals surface area contributed by atoms with Gasteiger partial charge in [-0.3, -0.25) is 4.79 Å². The van der Waals surface area contributed by atoms with E-state index in [4.69, 9.17) is 4.98 Å². The number of hydrogen-bond donors (Lipinski definition) is 2. The minimum atomic E-state index is -0.156. The molecule has 0 radical (unpaired) electrons. The normalized spacial score (nSPS) is 11.1. The number of nitrogens with one attached hydrogen (secondary N) is 2. The second-order valence-electron chi connectivity index (χ2n) is 7.70. The van der Waals surface area contributed by atoms with Crippen molar-refractivity contribution in [1.29, 1.82) is 0 Å². The first-order valence-electron chi connectivity index (χ1n) is 10.5. The number of rotatable bonds is 6. The van der Waals surface area contributed by atoms with Crippen molar-refractivity contribution in [3.63, 3.8) is 0 Å². The van der Waals surface area contributed by atoms with Gasteiger partial charge in [-0.15, -0.1) is 0 Å². The summed E-state index contributed by atoms with van der Waals surface area (Å²) in [4.78, 5) is 21.3. The number of carbonyl (C=O) groups excluding carboxylic acids is 1. The Hall–Kier alpha value is -3.92. The number of pyridine rings is 1. The van der Waals surface area contributed by atoms with Crippen LogP contribution >= 0.6 is 0 Å². The van der Waals surface area contributed by atoms with Crippen molar-refractivity contribution in [2.75, 3.05) is 0 Å². The first-order valence-corrected chi connectivity index (χ1v) is 10.5. The fourth-order valence-corrected chi connectivity index (χ4v) is 3.98. The zero-order chi connectivity index (χ0) is 21.0. The van der Waals surface area contributed by atoms with Crippen molar-refractivity contribution in [2.24, 2.45) is 0 Å². The van der Waals surface area contributed by atoms with E-state index in [1.54, 1.807) is 0 Å². The van der Waals surface area contributed by atoms with Crippen LogP contribution in [0.5, 0.6) is 0 Å². The first kappa shape index (κ1) is 19.1. The SMILES string of the molecule is O=C(NCc1ccccc1)c1cc2c([nH]c3ccccc32)c(CCc2ccccc2)n1. The van der Waals surface area contributed by atoms with Crippen molar-refractivity contribution in [3.05, 3.63) is 114 Å². The summed E-state index contributed by atoms with van der Waals surface area (Å²) in [6.07, 6.45) is 1.63. The lowest BCUT2D eigenvalue weighted by Crippen LogP contribution is -2.24. The largest absolute Gasteiger partial charge is 0.353 e. The summed E-state index contributed by atoms with van der Waals surface area (Å²) in [5.41, 5.74) is 5.76. The van der Waals surface area contributed by atoms with E-state index in [1.807, 2.05) is 54.6 Å². The molecule has 152 valence electrons. The van der Waals surface area contributed by atoms with Crippen molar-refractivity contribution in [1.82, 2.24) is 15.3 Å². The number of aromatic nitrogens is 2. The van der Waals surface area contributed by atoms with Crippen molar-refractivity contribution in [2.45, 2.75) is 19.4 Å². The predicted octanol–water partition coefficient (Wildman–Crippen LogP) is 5.43. The number of fused-ring (bicyclic) bond motifs is 3. The van der Waals surface area contributed by atoms with E-state index in [1.165, 1.54) is 5.56 Å². The zero-order valence-electron chi connectivity index (χ0n) is 17.1. The molecule has 5 aromatic rings. The maximum absolute atomic E-state index is 13.0. The highest BCUT2D eigenvalue weighted by molar-refractivity contribution is 6.10. The van der Waals surface area contributed by atoms with Gasteiger partial charge in [0.25, 0.3) is 5.91 Å². The smallest absolute Gasteiger partial charge is 0.270 e. The molecule has 1 amide bonds. The summed E-state index contributed by atoms with van der Waals surface area (Å²) in [6.45, 7) is 0.479. The number of amides is 1. The van der Waals surface area contributed by atoms with Gasteiger partial charge in [-0.05, 0) is 36.1 Å². The molecule has 3 aromatic carbocycles. The van der Waals surface area contributed by atoms with Gasteiger partial charge in [0.2, 0.25) is 0 Å². The number of carbonyl (C=O) groups is 1. The second-order valence-corrected chi connectivity index (χ2v) is 7.70. The maximum Gasteiger partial charge on any atom is 0.270 e. The molecule has 0 saturated carbocycles. The van der Waals surface area contributed by atoms with Crippen LogP contribution in [0, 0.1) is 0 Å². The Bertz CT molecular complexity index is 1340. The van der Waals surface area contributed by atoms with Crippen molar-refractivity contribution >= 4 is 27.7 Å². The lowest BCUT2D eigenvalue weighted by molar-refractivity contribution is 0.0946. The Morgan fingerprint density at radius 2 is 1.45 bits per heavy atom. The predicted molar refractivity (Wildman–Crippen MR) is 125 cm³/mol. The molecule has 0 aliphatic rings. The van der Waals surface area contributed by atoms with Gasteiger partial charge in [0, 0.05) is 22.8 Å². The Morgan fingerprint density at radius 1 is 0.774 bits per heavy atom. The quantitative estimate of drug-likeness (QED) is 0.396. The molecule has 0 fully saturated rings. The Balaban J connectivity index is 1.50. The average Bonchev–Trinajstić information content (AvgIpc) is 3.21. The topological polar surface area (TPSA) is 57.8 Å². The van der Waals surface area contributed by atoms with E-state index in [0.717, 1.165) is 45.9 Å². The molecule has 31 heavy (non-hydrogen) atoms. The summed E-state index contributed by atoms with van der Waals surface area (Å²) in [5, 5.41) is 5.16. The molecule has 0 bridgehead atoms. The van der Waals surface area contributed by atoms with E-state index >= 15 is 0 Å². The molecule has 0 spiro atoms. The van der Waals surface area contributed by atoms with Crippen LogP contribution in [0.1, 0.15) is 27.3 Å². The molecule has 5 rings (SSSR count). The first-order chi connectivity index (χ1) is 15.3. The highest BCUT2D eigenvalue weighted by atomic mass is 16.1. The molecule has 4 nitrogen and oxygen atoms in total. The van der Waals surface area contributed by atoms with Gasteiger partial charge in [0.05, 0.1) is 11.2 Å². The van der Waals surface area contributed by atoms with Gasteiger partial charge in [-0.25, -0.2) is 4.98 Å². The summed E-state index contributed by atoms with van der Waals surface area (Å²) in [5.74, 6) is -0.156. The van der Waals surface area contributed by atoms with E-state index in [9.17, 15) is 4.79 Å².